The van der Waals surface area contributed by atoms with Crippen LogP contribution in [0.4, 0.5) is 0 Å². The van der Waals surface area contributed by atoms with E-state index in [2.05, 4.69) is 27.7 Å². The summed E-state index contributed by atoms with van der Waals surface area (Å²) in [6, 6.07) is 0. The van der Waals surface area contributed by atoms with Gasteiger partial charge in [0.1, 0.15) is 19.3 Å². The van der Waals surface area contributed by atoms with Crippen molar-refractivity contribution in [1.82, 2.24) is 0 Å². The van der Waals surface area contributed by atoms with Gasteiger partial charge in [-0.3, -0.25) is 9.59 Å². The number of hydrogen-bond acceptors (Lipinski definition) is 5. The molecule has 0 spiro atoms. The zero-order valence-electron chi connectivity index (χ0n) is 28.6. The van der Waals surface area contributed by atoms with Crippen molar-refractivity contribution >= 4 is 11.9 Å². The fraction of sp³-hybridized carbons (Fsp3) is 0.946. The van der Waals surface area contributed by atoms with E-state index < -0.39 is 6.10 Å². The monoisotopic (exact) mass is 597 g/mol. The predicted octanol–water partition coefficient (Wildman–Crippen LogP) is 10.9. The summed E-state index contributed by atoms with van der Waals surface area (Å²) in [5, 5.41) is 9.98. The Morgan fingerprint density at radius 2 is 0.810 bits per heavy atom. The van der Waals surface area contributed by atoms with Gasteiger partial charge < -0.3 is 14.6 Å². The van der Waals surface area contributed by atoms with Crippen LogP contribution in [0.2, 0.25) is 0 Å². The number of carbonyl (C=O) groups excluding carboxylic acids is 2. The van der Waals surface area contributed by atoms with Gasteiger partial charge in [0.05, 0.1) is 0 Å². The normalized spacial score (nSPS) is 12.9. The van der Waals surface area contributed by atoms with E-state index in [1.54, 1.807) is 0 Å². The minimum atomic E-state index is -0.955. The van der Waals surface area contributed by atoms with Crippen LogP contribution in [0.5, 0.6) is 0 Å². The highest BCUT2D eigenvalue weighted by atomic mass is 16.6. The van der Waals surface area contributed by atoms with Crippen molar-refractivity contribution in [1.29, 1.82) is 0 Å². The molecule has 5 nitrogen and oxygen atoms in total. The number of hydrogen-bond donors (Lipinski definition) is 1. The molecule has 0 aromatic rings. The lowest BCUT2D eigenvalue weighted by Gasteiger charge is -2.12. The molecule has 0 aromatic carbocycles. The second-order valence-corrected chi connectivity index (χ2v) is 13.4. The van der Waals surface area contributed by atoms with E-state index in [4.69, 9.17) is 9.47 Å². The highest BCUT2D eigenvalue weighted by molar-refractivity contribution is 5.69. The Balaban J connectivity index is 3.41. The first-order chi connectivity index (χ1) is 20.3. The van der Waals surface area contributed by atoms with Crippen molar-refractivity contribution in [2.24, 2.45) is 11.8 Å². The number of carbonyl (C=O) groups is 2. The summed E-state index contributed by atoms with van der Waals surface area (Å²) in [7, 11) is 0. The molecule has 0 radical (unpaired) electrons. The van der Waals surface area contributed by atoms with Crippen LogP contribution in [-0.4, -0.2) is 36.4 Å². The highest BCUT2D eigenvalue weighted by Crippen LogP contribution is 2.16. The van der Waals surface area contributed by atoms with Crippen molar-refractivity contribution in [3.05, 3.63) is 0 Å². The zero-order valence-corrected chi connectivity index (χ0v) is 28.6. The Morgan fingerprint density at radius 3 is 1.14 bits per heavy atom. The fourth-order valence-electron chi connectivity index (χ4n) is 5.36. The molecule has 1 N–H and O–H groups in total. The summed E-state index contributed by atoms with van der Waals surface area (Å²) in [5.74, 6) is 1.15. The van der Waals surface area contributed by atoms with Crippen LogP contribution in [0.15, 0.2) is 0 Å². The summed E-state index contributed by atoms with van der Waals surface area (Å²) in [6.07, 6.45) is 30.0. The molecule has 0 bridgehead atoms. The molecule has 42 heavy (non-hydrogen) atoms. The van der Waals surface area contributed by atoms with Crippen molar-refractivity contribution < 1.29 is 24.2 Å². The Hall–Kier alpha value is -1.10. The van der Waals surface area contributed by atoms with E-state index in [1.807, 2.05) is 0 Å². The van der Waals surface area contributed by atoms with Crippen LogP contribution in [0.3, 0.4) is 0 Å². The van der Waals surface area contributed by atoms with Gasteiger partial charge in [0.25, 0.3) is 0 Å². The van der Waals surface area contributed by atoms with Crippen LogP contribution in [-0.2, 0) is 19.1 Å². The molecule has 0 aromatic heterocycles. The lowest BCUT2D eigenvalue weighted by molar-refractivity contribution is -0.152. The first kappa shape index (κ1) is 40.9. The second kappa shape index (κ2) is 31.3. The van der Waals surface area contributed by atoms with Gasteiger partial charge >= 0.3 is 11.9 Å². The van der Waals surface area contributed by atoms with Crippen LogP contribution in [0.25, 0.3) is 0 Å². The van der Waals surface area contributed by atoms with Gasteiger partial charge in [0, 0.05) is 12.8 Å². The Bertz CT molecular complexity index is 591. The highest BCUT2D eigenvalue weighted by Gasteiger charge is 2.12. The molecule has 0 heterocycles. The van der Waals surface area contributed by atoms with E-state index in [-0.39, 0.29) is 25.2 Å². The SMILES string of the molecule is CCC(C)CCCCCCCCCCC(=O)OC[C@@H](O)COC(=O)CCCCCCCCCCCCCCCC(C)C. The van der Waals surface area contributed by atoms with E-state index >= 15 is 0 Å². The predicted molar refractivity (Wildman–Crippen MR) is 178 cm³/mol. The molecule has 0 aliphatic carbocycles. The maximum Gasteiger partial charge on any atom is 0.305 e. The molecule has 0 saturated carbocycles. The van der Waals surface area contributed by atoms with Crippen LogP contribution in [0.1, 0.15) is 195 Å². The summed E-state index contributed by atoms with van der Waals surface area (Å²) in [5.41, 5.74) is 0. The molecule has 250 valence electrons. The summed E-state index contributed by atoms with van der Waals surface area (Å²) in [6.45, 7) is 9.00. The molecule has 1 unspecified atom stereocenters. The van der Waals surface area contributed by atoms with Crippen LogP contribution < -0.4 is 0 Å². The molecule has 0 amide bonds. The maximum absolute atomic E-state index is 11.9. The maximum atomic E-state index is 11.9. The number of esters is 2. The quantitative estimate of drug-likeness (QED) is 0.0617. The molecule has 0 fully saturated rings. The van der Waals surface area contributed by atoms with Crippen molar-refractivity contribution in [2.75, 3.05) is 13.2 Å². The van der Waals surface area contributed by atoms with E-state index in [9.17, 15) is 14.7 Å². The molecule has 0 aliphatic heterocycles. The van der Waals surface area contributed by atoms with Crippen LogP contribution >= 0.6 is 0 Å². The third kappa shape index (κ3) is 31.8. The topological polar surface area (TPSA) is 72.8 Å². The summed E-state index contributed by atoms with van der Waals surface area (Å²) >= 11 is 0. The van der Waals surface area contributed by atoms with Gasteiger partial charge in [-0.2, -0.15) is 0 Å². The lowest BCUT2D eigenvalue weighted by Crippen LogP contribution is -2.25. The third-order valence-corrected chi connectivity index (χ3v) is 8.56. The molecule has 5 heteroatoms. The average molecular weight is 597 g/mol. The van der Waals surface area contributed by atoms with Gasteiger partial charge in [-0.05, 0) is 24.7 Å². The van der Waals surface area contributed by atoms with E-state index in [0.29, 0.717) is 12.8 Å². The molecule has 0 saturated heterocycles. The van der Waals surface area contributed by atoms with Gasteiger partial charge in [-0.25, -0.2) is 0 Å². The smallest absolute Gasteiger partial charge is 0.305 e. The lowest BCUT2D eigenvalue weighted by atomic mass is 9.99. The summed E-state index contributed by atoms with van der Waals surface area (Å²) < 4.78 is 10.3. The molecule has 2 atom stereocenters. The molecule has 0 aliphatic rings. The number of unbranched alkanes of at least 4 members (excludes halogenated alkanes) is 19. The standard InChI is InChI=1S/C37H72O5/c1-5-34(4)28-24-20-16-13-14-18-22-26-30-37(40)42-32-35(38)31-41-36(39)29-25-21-17-12-10-8-6-7-9-11-15-19-23-27-33(2)3/h33-35,38H,5-32H2,1-4H3/t34?,35-/m0/s1. The Morgan fingerprint density at radius 1 is 0.500 bits per heavy atom. The average Bonchev–Trinajstić information content (AvgIpc) is 2.97. The number of aliphatic hydroxyl groups excluding tert-OH is 1. The minimum Gasteiger partial charge on any atom is -0.463 e. The fourth-order valence-corrected chi connectivity index (χ4v) is 5.36. The molecular weight excluding hydrogens is 524 g/mol. The van der Waals surface area contributed by atoms with Crippen molar-refractivity contribution in [3.8, 4) is 0 Å². The van der Waals surface area contributed by atoms with Crippen molar-refractivity contribution in [3.63, 3.8) is 0 Å². The van der Waals surface area contributed by atoms with Crippen LogP contribution in [0, 0.1) is 11.8 Å². The molecule has 0 rings (SSSR count). The minimum absolute atomic E-state index is 0.110. The summed E-state index contributed by atoms with van der Waals surface area (Å²) in [4.78, 5) is 23.8. The second-order valence-electron chi connectivity index (χ2n) is 13.4. The Kier molecular flexibility index (Phi) is 30.5. The largest absolute Gasteiger partial charge is 0.463 e. The van der Waals surface area contributed by atoms with Gasteiger partial charge in [0.2, 0.25) is 0 Å². The van der Waals surface area contributed by atoms with E-state index in [1.165, 1.54) is 122 Å². The number of aliphatic hydroxyl groups is 1. The third-order valence-electron chi connectivity index (χ3n) is 8.56. The van der Waals surface area contributed by atoms with Crippen molar-refractivity contribution in [2.45, 2.75) is 201 Å². The van der Waals surface area contributed by atoms with Gasteiger partial charge in [-0.1, -0.05) is 169 Å². The zero-order chi connectivity index (χ0) is 31.1. The van der Waals surface area contributed by atoms with E-state index in [0.717, 1.165) is 43.9 Å². The molecular formula is C37H72O5. The number of rotatable bonds is 32. The van der Waals surface area contributed by atoms with Gasteiger partial charge in [0.15, 0.2) is 0 Å². The van der Waals surface area contributed by atoms with Gasteiger partial charge in [-0.15, -0.1) is 0 Å². The number of ether oxygens (including phenoxy) is 2. The Labute approximate surface area is 261 Å². The first-order valence-corrected chi connectivity index (χ1v) is 18.3. The first-order valence-electron chi connectivity index (χ1n) is 18.3.